The molecule has 0 unspecified atom stereocenters. The molecule has 7 heteroatoms. The number of unbranched alkanes of at least 4 members (excludes halogenated alkanes) is 1. The zero-order valence-electron chi connectivity index (χ0n) is 14.9. The first kappa shape index (κ1) is 18.1. The molecule has 27 heavy (non-hydrogen) atoms. The van der Waals surface area contributed by atoms with E-state index in [0.29, 0.717) is 23.3 Å². The van der Waals surface area contributed by atoms with Gasteiger partial charge in [-0.3, -0.25) is 14.0 Å². The van der Waals surface area contributed by atoms with Crippen LogP contribution in [-0.4, -0.2) is 27.7 Å². The Hall–Kier alpha value is -3.66. The van der Waals surface area contributed by atoms with E-state index in [1.54, 1.807) is 53.1 Å². The predicted octanol–water partition coefficient (Wildman–Crippen LogP) is 2.99. The molecule has 0 atom stereocenters. The van der Waals surface area contributed by atoms with Crippen LogP contribution < -0.4 is 10.6 Å². The summed E-state index contributed by atoms with van der Waals surface area (Å²) < 4.78 is 1.57. The molecule has 2 amide bonds. The average Bonchev–Trinajstić information content (AvgIpc) is 3.08. The number of amides is 2. The van der Waals surface area contributed by atoms with E-state index in [-0.39, 0.29) is 17.4 Å². The second kappa shape index (κ2) is 8.15. The number of benzene rings is 1. The molecule has 0 aliphatic carbocycles. The Kier molecular flexibility index (Phi) is 5.47. The summed E-state index contributed by atoms with van der Waals surface area (Å²) in [5.41, 5.74) is 1.49. The number of hydrogen-bond acceptors (Lipinski definition) is 4. The summed E-state index contributed by atoms with van der Waals surface area (Å²) in [7, 11) is 0. The van der Waals surface area contributed by atoms with Crippen molar-refractivity contribution in [2.45, 2.75) is 19.8 Å². The van der Waals surface area contributed by atoms with Gasteiger partial charge in [-0.15, -0.1) is 0 Å². The van der Waals surface area contributed by atoms with E-state index in [1.807, 2.05) is 13.0 Å². The molecule has 0 bridgehead atoms. The number of fused-ring (bicyclic) bond motifs is 1. The number of aromatic nitrogens is 2. The summed E-state index contributed by atoms with van der Waals surface area (Å²) in [6, 6.07) is 14.0. The first-order valence-corrected chi connectivity index (χ1v) is 8.71. The monoisotopic (exact) mass is 361 g/mol. The number of nitriles is 1. The molecule has 0 spiro atoms. The molecule has 2 heterocycles. The van der Waals surface area contributed by atoms with Crippen molar-refractivity contribution in [1.82, 2.24) is 14.7 Å². The van der Waals surface area contributed by atoms with Crippen molar-refractivity contribution in [2.75, 3.05) is 11.9 Å². The van der Waals surface area contributed by atoms with Gasteiger partial charge in [-0.25, -0.2) is 4.98 Å². The lowest BCUT2D eigenvalue weighted by molar-refractivity contribution is 0.0950. The maximum absolute atomic E-state index is 12.8. The molecule has 7 nitrogen and oxygen atoms in total. The summed E-state index contributed by atoms with van der Waals surface area (Å²) in [6.45, 7) is 2.60. The highest BCUT2D eigenvalue weighted by Gasteiger charge is 2.21. The number of rotatable bonds is 6. The van der Waals surface area contributed by atoms with Crippen LogP contribution in [0.5, 0.6) is 0 Å². The minimum absolute atomic E-state index is 0.0824. The van der Waals surface area contributed by atoms with E-state index < -0.39 is 5.91 Å². The predicted molar refractivity (Wildman–Crippen MR) is 102 cm³/mol. The Balaban J connectivity index is 1.94. The maximum atomic E-state index is 12.8. The fourth-order valence-electron chi connectivity index (χ4n) is 2.70. The van der Waals surface area contributed by atoms with Gasteiger partial charge in [-0.2, -0.15) is 5.26 Å². The number of carbonyl (C=O) groups is 2. The van der Waals surface area contributed by atoms with Crippen molar-refractivity contribution in [3.8, 4) is 6.07 Å². The van der Waals surface area contributed by atoms with Crippen LogP contribution in [0.25, 0.3) is 5.52 Å². The van der Waals surface area contributed by atoms with Crippen molar-refractivity contribution in [3.63, 3.8) is 0 Å². The number of nitrogens with one attached hydrogen (secondary N) is 2. The Morgan fingerprint density at radius 1 is 1.15 bits per heavy atom. The maximum Gasteiger partial charge on any atom is 0.292 e. The van der Waals surface area contributed by atoms with Crippen molar-refractivity contribution >= 4 is 23.0 Å². The molecule has 2 aromatic heterocycles. The second-order valence-electron chi connectivity index (χ2n) is 5.96. The van der Waals surface area contributed by atoms with Crippen LogP contribution in [0.3, 0.4) is 0 Å². The molecular weight excluding hydrogens is 342 g/mol. The SMILES string of the molecule is CCCCNC(=O)c1nc(C(=O)Nc2ccccc2C#N)n2ccccc12. The van der Waals surface area contributed by atoms with Gasteiger partial charge in [-0.05, 0) is 30.7 Å². The number of anilines is 1. The van der Waals surface area contributed by atoms with Crippen LogP contribution in [0.15, 0.2) is 48.7 Å². The molecular formula is C20H19N5O2. The molecule has 1 aromatic carbocycles. The summed E-state index contributed by atoms with van der Waals surface area (Å²) in [6.07, 6.45) is 3.52. The van der Waals surface area contributed by atoms with Crippen molar-refractivity contribution in [2.24, 2.45) is 0 Å². The fraction of sp³-hybridized carbons (Fsp3) is 0.200. The Bertz CT molecular complexity index is 1030. The third-order valence-electron chi connectivity index (χ3n) is 4.08. The molecule has 0 fully saturated rings. The Labute approximate surface area is 156 Å². The molecule has 2 N–H and O–H groups in total. The van der Waals surface area contributed by atoms with E-state index in [2.05, 4.69) is 15.6 Å². The van der Waals surface area contributed by atoms with Gasteiger partial charge < -0.3 is 10.6 Å². The Morgan fingerprint density at radius 3 is 2.70 bits per heavy atom. The van der Waals surface area contributed by atoms with Gasteiger partial charge in [0.2, 0.25) is 5.82 Å². The number of para-hydroxylation sites is 1. The normalized spacial score (nSPS) is 10.4. The van der Waals surface area contributed by atoms with Gasteiger partial charge in [0.15, 0.2) is 5.69 Å². The molecule has 136 valence electrons. The molecule has 3 aromatic rings. The highest BCUT2D eigenvalue weighted by molar-refractivity contribution is 6.06. The molecule has 0 radical (unpaired) electrons. The smallest absolute Gasteiger partial charge is 0.292 e. The summed E-state index contributed by atoms with van der Waals surface area (Å²) in [5, 5.41) is 14.7. The molecule has 0 aliphatic heterocycles. The van der Waals surface area contributed by atoms with Crippen LogP contribution in [0.2, 0.25) is 0 Å². The zero-order chi connectivity index (χ0) is 19.2. The molecule has 0 saturated heterocycles. The topological polar surface area (TPSA) is 99.3 Å². The van der Waals surface area contributed by atoms with E-state index in [1.165, 1.54) is 0 Å². The lowest BCUT2D eigenvalue weighted by atomic mass is 10.2. The van der Waals surface area contributed by atoms with Gasteiger partial charge >= 0.3 is 0 Å². The van der Waals surface area contributed by atoms with Gasteiger partial charge in [0.05, 0.1) is 16.8 Å². The zero-order valence-corrected chi connectivity index (χ0v) is 14.9. The van der Waals surface area contributed by atoms with Crippen LogP contribution >= 0.6 is 0 Å². The third kappa shape index (κ3) is 3.80. The summed E-state index contributed by atoms with van der Waals surface area (Å²) in [5.74, 6) is -0.728. The molecule has 0 saturated carbocycles. The van der Waals surface area contributed by atoms with Crippen LogP contribution in [-0.2, 0) is 0 Å². The summed E-state index contributed by atoms with van der Waals surface area (Å²) >= 11 is 0. The van der Waals surface area contributed by atoms with E-state index >= 15 is 0 Å². The standard InChI is InChI=1S/C20H19N5O2/c1-2-3-11-22-19(26)17-16-10-6-7-12-25(16)18(24-17)20(27)23-15-9-5-4-8-14(15)13-21/h4-10,12H,2-3,11H2,1H3,(H,22,26)(H,23,27). The number of hydrogen-bond donors (Lipinski definition) is 2. The first-order chi connectivity index (χ1) is 13.2. The quantitative estimate of drug-likeness (QED) is 0.659. The summed E-state index contributed by atoms with van der Waals surface area (Å²) in [4.78, 5) is 29.5. The highest BCUT2D eigenvalue weighted by atomic mass is 16.2. The van der Waals surface area contributed by atoms with Gasteiger partial charge in [0.25, 0.3) is 11.8 Å². The van der Waals surface area contributed by atoms with Gasteiger partial charge in [0, 0.05) is 12.7 Å². The minimum Gasteiger partial charge on any atom is -0.351 e. The highest BCUT2D eigenvalue weighted by Crippen LogP contribution is 2.17. The number of carbonyl (C=O) groups excluding carboxylic acids is 2. The molecule has 3 rings (SSSR count). The molecule has 0 aliphatic rings. The van der Waals surface area contributed by atoms with Crippen LogP contribution in [0.4, 0.5) is 5.69 Å². The lowest BCUT2D eigenvalue weighted by Crippen LogP contribution is -2.25. The van der Waals surface area contributed by atoms with Gasteiger partial charge in [-0.1, -0.05) is 31.5 Å². The van der Waals surface area contributed by atoms with Crippen LogP contribution in [0, 0.1) is 11.3 Å². The first-order valence-electron chi connectivity index (χ1n) is 8.71. The Morgan fingerprint density at radius 2 is 1.93 bits per heavy atom. The van der Waals surface area contributed by atoms with Crippen molar-refractivity contribution < 1.29 is 9.59 Å². The van der Waals surface area contributed by atoms with Crippen molar-refractivity contribution in [3.05, 3.63) is 65.7 Å². The third-order valence-corrected chi connectivity index (χ3v) is 4.08. The van der Waals surface area contributed by atoms with Crippen LogP contribution in [0.1, 0.15) is 46.4 Å². The number of nitrogens with zero attached hydrogens (tertiary/aromatic N) is 3. The van der Waals surface area contributed by atoms with E-state index in [0.717, 1.165) is 12.8 Å². The second-order valence-corrected chi connectivity index (χ2v) is 5.96. The minimum atomic E-state index is -0.494. The van der Waals surface area contributed by atoms with Crippen molar-refractivity contribution in [1.29, 1.82) is 5.26 Å². The largest absolute Gasteiger partial charge is 0.351 e. The fourth-order valence-corrected chi connectivity index (χ4v) is 2.70. The average molecular weight is 361 g/mol. The number of pyridine rings is 1. The van der Waals surface area contributed by atoms with E-state index in [9.17, 15) is 14.9 Å². The van der Waals surface area contributed by atoms with E-state index in [4.69, 9.17) is 0 Å². The van der Waals surface area contributed by atoms with Gasteiger partial charge in [0.1, 0.15) is 6.07 Å². The number of imidazole rings is 1. The lowest BCUT2D eigenvalue weighted by Gasteiger charge is -2.05.